The fraction of sp³-hybridized carbons (Fsp3) is 0.600. The number of nitrogens with two attached hydrogens (primary N) is 1. The quantitative estimate of drug-likeness (QED) is 0.878. The van der Waals surface area contributed by atoms with Crippen LogP contribution in [0.2, 0.25) is 0 Å². The van der Waals surface area contributed by atoms with Crippen molar-refractivity contribution in [3.63, 3.8) is 0 Å². The summed E-state index contributed by atoms with van der Waals surface area (Å²) in [5.74, 6) is 0. The summed E-state index contributed by atoms with van der Waals surface area (Å²) in [5, 5.41) is 0. The van der Waals surface area contributed by atoms with E-state index in [0.29, 0.717) is 12.6 Å². The van der Waals surface area contributed by atoms with Crippen LogP contribution < -0.4 is 5.73 Å². The highest BCUT2D eigenvalue weighted by Gasteiger charge is 2.23. The van der Waals surface area contributed by atoms with Gasteiger partial charge in [-0.1, -0.05) is 36.8 Å². The molecule has 1 aliphatic rings. The van der Waals surface area contributed by atoms with Crippen molar-refractivity contribution in [3.8, 4) is 0 Å². The third kappa shape index (κ3) is 3.10. The van der Waals surface area contributed by atoms with Crippen molar-refractivity contribution in [1.29, 1.82) is 0 Å². The number of piperazine rings is 1. The molecule has 1 aliphatic heterocycles. The Morgan fingerprint density at radius 2 is 1.72 bits per heavy atom. The number of rotatable bonds is 4. The van der Waals surface area contributed by atoms with Crippen molar-refractivity contribution in [2.24, 2.45) is 5.73 Å². The molecule has 0 amide bonds. The molecule has 3 nitrogen and oxygen atoms in total. The molecule has 2 N–H and O–H groups in total. The van der Waals surface area contributed by atoms with Gasteiger partial charge in [0.05, 0.1) is 0 Å². The van der Waals surface area contributed by atoms with Crippen LogP contribution in [-0.4, -0.2) is 49.1 Å². The van der Waals surface area contributed by atoms with Gasteiger partial charge in [-0.05, 0) is 19.0 Å². The molecule has 1 aromatic carbocycles. The summed E-state index contributed by atoms with van der Waals surface area (Å²) >= 11 is 0. The van der Waals surface area contributed by atoms with Gasteiger partial charge in [-0.2, -0.15) is 0 Å². The van der Waals surface area contributed by atoms with Crippen LogP contribution in [0.25, 0.3) is 0 Å². The van der Waals surface area contributed by atoms with Crippen LogP contribution in [0.5, 0.6) is 0 Å². The molecule has 0 saturated carbocycles. The highest BCUT2D eigenvalue weighted by molar-refractivity contribution is 5.24. The molecule has 0 spiro atoms. The van der Waals surface area contributed by atoms with Crippen LogP contribution in [0.3, 0.4) is 0 Å². The summed E-state index contributed by atoms with van der Waals surface area (Å²) < 4.78 is 0. The number of hydrogen-bond acceptors (Lipinski definition) is 3. The van der Waals surface area contributed by atoms with E-state index in [4.69, 9.17) is 5.73 Å². The van der Waals surface area contributed by atoms with E-state index < -0.39 is 0 Å². The Bertz CT molecular complexity index is 353. The number of aryl methyl sites for hydroxylation is 1. The summed E-state index contributed by atoms with van der Waals surface area (Å²) in [6.07, 6.45) is 0. The molecule has 3 heteroatoms. The van der Waals surface area contributed by atoms with Gasteiger partial charge in [0.15, 0.2) is 0 Å². The summed E-state index contributed by atoms with van der Waals surface area (Å²) in [7, 11) is 0. The van der Waals surface area contributed by atoms with Crippen LogP contribution in [-0.2, 0) is 0 Å². The van der Waals surface area contributed by atoms with E-state index >= 15 is 0 Å². The third-order valence-electron chi connectivity index (χ3n) is 3.98. The Morgan fingerprint density at radius 1 is 1.11 bits per heavy atom. The molecule has 0 radical (unpaired) electrons. The summed E-state index contributed by atoms with van der Waals surface area (Å²) in [4.78, 5) is 5.02. The second-order valence-corrected chi connectivity index (χ2v) is 5.13. The fourth-order valence-electron chi connectivity index (χ4n) is 2.68. The molecule has 2 rings (SSSR count). The highest BCUT2D eigenvalue weighted by Crippen LogP contribution is 2.21. The number of benzene rings is 1. The molecule has 100 valence electrons. The molecule has 1 fully saturated rings. The van der Waals surface area contributed by atoms with Gasteiger partial charge in [-0.3, -0.25) is 4.90 Å². The Labute approximate surface area is 111 Å². The monoisotopic (exact) mass is 247 g/mol. The zero-order chi connectivity index (χ0) is 13.0. The van der Waals surface area contributed by atoms with Crippen molar-refractivity contribution >= 4 is 0 Å². The van der Waals surface area contributed by atoms with Crippen LogP contribution in [0.4, 0.5) is 0 Å². The van der Waals surface area contributed by atoms with Gasteiger partial charge < -0.3 is 10.6 Å². The van der Waals surface area contributed by atoms with Gasteiger partial charge in [-0.25, -0.2) is 0 Å². The van der Waals surface area contributed by atoms with Crippen LogP contribution in [0, 0.1) is 6.92 Å². The van der Waals surface area contributed by atoms with Crippen molar-refractivity contribution in [2.75, 3.05) is 39.3 Å². The largest absolute Gasteiger partial charge is 0.329 e. The summed E-state index contributed by atoms with van der Waals surface area (Å²) in [6, 6.07) is 9.18. The zero-order valence-corrected chi connectivity index (χ0v) is 11.6. The van der Waals surface area contributed by atoms with Gasteiger partial charge >= 0.3 is 0 Å². The first-order valence-corrected chi connectivity index (χ1v) is 6.97. The SMILES string of the molecule is CCN1CCN([C@@H](CN)c2ccc(C)cc2)CC1. The van der Waals surface area contributed by atoms with Crippen molar-refractivity contribution in [2.45, 2.75) is 19.9 Å². The molecule has 0 bridgehead atoms. The van der Waals surface area contributed by atoms with E-state index in [1.165, 1.54) is 24.2 Å². The molecule has 0 aromatic heterocycles. The summed E-state index contributed by atoms with van der Waals surface area (Å²) in [5.41, 5.74) is 8.65. The zero-order valence-electron chi connectivity index (χ0n) is 11.6. The van der Waals surface area contributed by atoms with E-state index in [0.717, 1.165) is 19.6 Å². The molecular formula is C15H25N3. The fourth-order valence-corrected chi connectivity index (χ4v) is 2.68. The van der Waals surface area contributed by atoms with Crippen molar-refractivity contribution in [1.82, 2.24) is 9.80 Å². The average molecular weight is 247 g/mol. The minimum absolute atomic E-state index is 0.379. The second kappa shape index (κ2) is 6.32. The molecule has 0 unspecified atom stereocenters. The summed E-state index contributed by atoms with van der Waals surface area (Å²) in [6.45, 7) is 10.8. The minimum atomic E-state index is 0.379. The predicted molar refractivity (Wildman–Crippen MR) is 76.7 cm³/mol. The molecule has 1 aromatic rings. The van der Waals surface area contributed by atoms with E-state index in [1.807, 2.05) is 0 Å². The maximum Gasteiger partial charge on any atom is 0.0471 e. The van der Waals surface area contributed by atoms with Gasteiger partial charge in [0.25, 0.3) is 0 Å². The highest BCUT2D eigenvalue weighted by atomic mass is 15.3. The Balaban J connectivity index is 2.03. The molecule has 0 aliphatic carbocycles. The molecule has 1 saturated heterocycles. The van der Waals surface area contributed by atoms with E-state index in [-0.39, 0.29) is 0 Å². The van der Waals surface area contributed by atoms with E-state index in [9.17, 15) is 0 Å². The lowest BCUT2D eigenvalue weighted by molar-refractivity contribution is 0.102. The molecular weight excluding hydrogens is 222 g/mol. The lowest BCUT2D eigenvalue weighted by atomic mass is 10.0. The molecule has 1 atom stereocenters. The smallest absolute Gasteiger partial charge is 0.0471 e. The number of hydrogen-bond donors (Lipinski definition) is 1. The van der Waals surface area contributed by atoms with Crippen LogP contribution >= 0.6 is 0 Å². The molecule has 1 heterocycles. The average Bonchev–Trinajstić information content (AvgIpc) is 2.42. The topological polar surface area (TPSA) is 32.5 Å². The van der Waals surface area contributed by atoms with Gasteiger partial charge in [0.1, 0.15) is 0 Å². The van der Waals surface area contributed by atoms with Crippen molar-refractivity contribution in [3.05, 3.63) is 35.4 Å². The van der Waals surface area contributed by atoms with Crippen molar-refractivity contribution < 1.29 is 0 Å². The lowest BCUT2D eigenvalue weighted by Gasteiger charge is -2.38. The van der Waals surface area contributed by atoms with Gasteiger partial charge in [-0.15, -0.1) is 0 Å². The van der Waals surface area contributed by atoms with Gasteiger partial charge in [0, 0.05) is 38.8 Å². The first-order chi connectivity index (χ1) is 8.74. The Hall–Kier alpha value is -0.900. The first-order valence-electron chi connectivity index (χ1n) is 6.97. The maximum absolute atomic E-state index is 5.99. The molecule has 18 heavy (non-hydrogen) atoms. The first kappa shape index (κ1) is 13.5. The van der Waals surface area contributed by atoms with E-state index in [2.05, 4.69) is 47.9 Å². The minimum Gasteiger partial charge on any atom is -0.329 e. The number of nitrogens with zero attached hydrogens (tertiary/aromatic N) is 2. The van der Waals surface area contributed by atoms with E-state index in [1.54, 1.807) is 0 Å². The second-order valence-electron chi connectivity index (χ2n) is 5.13. The lowest BCUT2D eigenvalue weighted by Crippen LogP contribution is -2.48. The van der Waals surface area contributed by atoms with Crippen LogP contribution in [0.15, 0.2) is 24.3 Å². The standard InChI is InChI=1S/C15H25N3/c1-3-17-8-10-18(11-9-17)15(12-16)14-6-4-13(2)5-7-14/h4-7,15H,3,8-12,16H2,1-2H3/t15-/m0/s1. The van der Waals surface area contributed by atoms with Crippen LogP contribution in [0.1, 0.15) is 24.1 Å². The van der Waals surface area contributed by atoms with Gasteiger partial charge in [0.2, 0.25) is 0 Å². The maximum atomic E-state index is 5.99. The predicted octanol–water partition coefficient (Wildman–Crippen LogP) is 1.63. The Morgan fingerprint density at radius 3 is 2.22 bits per heavy atom. The number of likely N-dealkylation sites (N-methyl/N-ethyl adjacent to an activating group) is 1. The Kier molecular flexibility index (Phi) is 4.75. The normalized spacial score (nSPS) is 19.9. The third-order valence-corrected chi connectivity index (χ3v) is 3.98.